The van der Waals surface area contributed by atoms with Crippen LogP contribution in [0.5, 0.6) is 0 Å². The molecule has 0 aliphatic rings. The van der Waals surface area contributed by atoms with E-state index in [1.54, 1.807) is 11.3 Å². The molecule has 0 radical (unpaired) electrons. The molecule has 1 N–H and O–H groups in total. The monoisotopic (exact) mass is 240 g/mol. The largest absolute Gasteiger partial charge is 0.379 e. The fraction of sp³-hybridized carbons (Fsp3) is 0.0714. The minimum absolute atomic E-state index is 0.846. The summed E-state index contributed by atoms with van der Waals surface area (Å²) in [6.45, 7) is 0.846. The molecule has 0 saturated carbocycles. The maximum absolute atomic E-state index is 4.42. The molecule has 0 fully saturated rings. The molecule has 2 aromatic heterocycles. The first-order valence-electron chi connectivity index (χ1n) is 5.52. The van der Waals surface area contributed by atoms with E-state index < -0.39 is 0 Å². The molecule has 0 aliphatic carbocycles. The van der Waals surface area contributed by atoms with E-state index in [1.807, 2.05) is 12.3 Å². The Hall–Kier alpha value is -1.87. The molecule has 0 spiro atoms. The summed E-state index contributed by atoms with van der Waals surface area (Å²) in [5, 5.41) is 8.86. The highest BCUT2D eigenvalue weighted by Crippen LogP contribution is 2.21. The van der Waals surface area contributed by atoms with Crippen LogP contribution >= 0.6 is 11.3 Å². The van der Waals surface area contributed by atoms with Gasteiger partial charge in [-0.1, -0.05) is 18.2 Å². The third-order valence-electron chi connectivity index (χ3n) is 2.70. The van der Waals surface area contributed by atoms with Crippen LogP contribution in [-0.4, -0.2) is 4.98 Å². The van der Waals surface area contributed by atoms with Crippen molar-refractivity contribution in [1.29, 1.82) is 0 Å². The average Bonchev–Trinajstić information content (AvgIpc) is 2.89. The van der Waals surface area contributed by atoms with E-state index >= 15 is 0 Å². The predicted octanol–water partition coefficient (Wildman–Crippen LogP) is 3.91. The summed E-state index contributed by atoms with van der Waals surface area (Å²) < 4.78 is 0. The Morgan fingerprint density at radius 3 is 2.94 bits per heavy atom. The van der Waals surface area contributed by atoms with Gasteiger partial charge in [-0.2, -0.15) is 11.3 Å². The first kappa shape index (κ1) is 10.3. The molecule has 0 saturated heterocycles. The maximum atomic E-state index is 4.42. The Balaban J connectivity index is 1.90. The van der Waals surface area contributed by atoms with Crippen molar-refractivity contribution in [3.63, 3.8) is 0 Å². The summed E-state index contributed by atoms with van der Waals surface area (Å²) in [6, 6.07) is 12.4. The van der Waals surface area contributed by atoms with Gasteiger partial charge >= 0.3 is 0 Å². The molecule has 17 heavy (non-hydrogen) atoms. The van der Waals surface area contributed by atoms with Gasteiger partial charge in [0.15, 0.2) is 0 Å². The van der Waals surface area contributed by atoms with E-state index in [1.165, 1.54) is 10.9 Å². The van der Waals surface area contributed by atoms with Gasteiger partial charge < -0.3 is 5.32 Å². The zero-order valence-electron chi connectivity index (χ0n) is 9.26. The molecule has 2 heterocycles. The second-order valence-electron chi connectivity index (χ2n) is 3.87. The van der Waals surface area contributed by atoms with Gasteiger partial charge in [-0.3, -0.25) is 4.98 Å². The second-order valence-corrected chi connectivity index (χ2v) is 4.65. The molecule has 0 atom stereocenters. The highest BCUT2D eigenvalue weighted by molar-refractivity contribution is 7.07. The molecule has 3 rings (SSSR count). The number of hydrogen-bond acceptors (Lipinski definition) is 3. The van der Waals surface area contributed by atoms with Crippen molar-refractivity contribution < 1.29 is 0 Å². The van der Waals surface area contributed by atoms with E-state index in [0.717, 1.165) is 17.7 Å². The first-order chi connectivity index (χ1) is 8.43. The fourth-order valence-electron chi connectivity index (χ4n) is 1.84. The van der Waals surface area contributed by atoms with Crippen LogP contribution in [0.15, 0.2) is 53.4 Å². The number of fused-ring (bicyclic) bond motifs is 1. The third-order valence-corrected chi connectivity index (χ3v) is 3.43. The van der Waals surface area contributed by atoms with Gasteiger partial charge in [0.05, 0.1) is 11.2 Å². The number of anilines is 1. The molecule has 3 heteroatoms. The summed E-state index contributed by atoms with van der Waals surface area (Å²) in [5.41, 5.74) is 3.43. The number of benzene rings is 1. The van der Waals surface area contributed by atoms with Crippen LogP contribution in [0.4, 0.5) is 5.69 Å². The summed E-state index contributed by atoms with van der Waals surface area (Å²) >= 11 is 1.72. The van der Waals surface area contributed by atoms with Gasteiger partial charge in [0.2, 0.25) is 0 Å². The Kier molecular flexibility index (Phi) is 2.76. The van der Waals surface area contributed by atoms with E-state index in [0.29, 0.717) is 0 Å². The van der Waals surface area contributed by atoms with Gasteiger partial charge in [-0.25, -0.2) is 0 Å². The van der Waals surface area contributed by atoms with Crippen molar-refractivity contribution in [2.24, 2.45) is 0 Å². The van der Waals surface area contributed by atoms with Crippen molar-refractivity contribution >= 4 is 27.9 Å². The molecule has 0 aliphatic heterocycles. The van der Waals surface area contributed by atoms with Crippen LogP contribution < -0.4 is 5.32 Å². The van der Waals surface area contributed by atoms with Crippen LogP contribution in [-0.2, 0) is 6.54 Å². The van der Waals surface area contributed by atoms with Gasteiger partial charge in [-0.15, -0.1) is 0 Å². The highest BCUT2D eigenvalue weighted by atomic mass is 32.1. The summed E-state index contributed by atoms with van der Waals surface area (Å²) in [5.74, 6) is 0. The van der Waals surface area contributed by atoms with E-state index in [2.05, 4.69) is 51.4 Å². The summed E-state index contributed by atoms with van der Waals surface area (Å²) in [4.78, 5) is 4.42. The molecule has 3 aromatic rings. The normalized spacial score (nSPS) is 10.6. The molecule has 0 bridgehead atoms. The van der Waals surface area contributed by atoms with Gasteiger partial charge in [0, 0.05) is 18.1 Å². The van der Waals surface area contributed by atoms with Crippen LogP contribution in [0.2, 0.25) is 0 Å². The predicted molar refractivity (Wildman–Crippen MR) is 73.4 cm³/mol. The van der Waals surface area contributed by atoms with Crippen molar-refractivity contribution in [3.8, 4) is 0 Å². The SMILES string of the molecule is c1cnc2c(NCc3ccsc3)cccc2c1. The summed E-state index contributed by atoms with van der Waals surface area (Å²) in [7, 11) is 0. The number of nitrogens with one attached hydrogen (secondary N) is 1. The van der Waals surface area contributed by atoms with Gasteiger partial charge in [-0.05, 0) is 34.5 Å². The Morgan fingerprint density at radius 2 is 2.06 bits per heavy atom. The van der Waals surface area contributed by atoms with Crippen molar-refractivity contribution in [2.75, 3.05) is 5.32 Å². The van der Waals surface area contributed by atoms with Crippen LogP contribution in [0.1, 0.15) is 5.56 Å². The topological polar surface area (TPSA) is 24.9 Å². The molecular weight excluding hydrogens is 228 g/mol. The first-order valence-corrected chi connectivity index (χ1v) is 6.46. The minimum Gasteiger partial charge on any atom is -0.379 e. The highest BCUT2D eigenvalue weighted by Gasteiger charge is 2.01. The van der Waals surface area contributed by atoms with Crippen molar-refractivity contribution in [1.82, 2.24) is 4.98 Å². The van der Waals surface area contributed by atoms with Gasteiger partial charge in [0.25, 0.3) is 0 Å². The van der Waals surface area contributed by atoms with Crippen molar-refractivity contribution in [2.45, 2.75) is 6.54 Å². The molecule has 0 unspecified atom stereocenters. The number of nitrogens with zero attached hydrogens (tertiary/aromatic N) is 1. The lowest BCUT2D eigenvalue weighted by molar-refractivity contribution is 1.17. The van der Waals surface area contributed by atoms with Crippen LogP contribution in [0.25, 0.3) is 10.9 Å². The quantitative estimate of drug-likeness (QED) is 0.750. The van der Waals surface area contributed by atoms with E-state index in [-0.39, 0.29) is 0 Å². The smallest absolute Gasteiger partial charge is 0.0933 e. The number of pyridine rings is 1. The molecule has 84 valence electrons. The lowest BCUT2D eigenvalue weighted by Gasteiger charge is -2.07. The number of rotatable bonds is 3. The van der Waals surface area contributed by atoms with Crippen LogP contribution in [0, 0.1) is 0 Å². The van der Waals surface area contributed by atoms with E-state index in [4.69, 9.17) is 0 Å². The zero-order chi connectivity index (χ0) is 11.5. The molecular formula is C14H12N2S. The molecule has 1 aromatic carbocycles. The minimum atomic E-state index is 0.846. The Morgan fingerprint density at radius 1 is 1.12 bits per heavy atom. The molecule has 2 nitrogen and oxygen atoms in total. The van der Waals surface area contributed by atoms with Crippen LogP contribution in [0.3, 0.4) is 0 Å². The average molecular weight is 240 g/mol. The fourth-order valence-corrected chi connectivity index (χ4v) is 2.51. The standard InChI is InChI=1S/C14H12N2S/c1-3-12-4-2-7-15-14(12)13(5-1)16-9-11-6-8-17-10-11/h1-8,10,16H,9H2. The number of hydrogen-bond donors (Lipinski definition) is 1. The number of para-hydroxylation sites is 1. The number of thiophene rings is 1. The maximum Gasteiger partial charge on any atom is 0.0933 e. The summed E-state index contributed by atoms with van der Waals surface area (Å²) in [6.07, 6.45) is 1.83. The third kappa shape index (κ3) is 2.15. The zero-order valence-corrected chi connectivity index (χ0v) is 10.1. The van der Waals surface area contributed by atoms with Gasteiger partial charge in [0.1, 0.15) is 0 Å². The lowest BCUT2D eigenvalue weighted by Crippen LogP contribution is -1.99. The Labute approximate surface area is 104 Å². The van der Waals surface area contributed by atoms with Crippen molar-refractivity contribution in [3.05, 3.63) is 58.9 Å². The number of aromatic nitrogens is 1. The van der Waals surface area contributed by atoms with E-state index in [9.17, 15) is 0 Å². The Bertz CT molecular complexity index is 612. The second kappa shape index (κ2) is 4.55. The lowest BCUT2D eigenvalue weighted by atomic mass is 10.2. The molecule has 0 amide bonds.